The third-order valence-corrected chi connectivity index (χ3v) is 10.4. The van der Waals surface area contributed by atoms with Crippen LogP contribution in [0.5, 0.6) is 0 Å². The average Bonchev–Trinajstić information content (AvgIpc) is 3.27. The van der Waals surface area contributed by atoms with Crippen LogP contribution in [0.25, 0.3) is 0 Å². The maximum atomic E-state index is 13.0. The molecule has 6 rings (SSSR count). The molecule has 2 aliphatic heterocycles. The number of cyclic esters (lactones) is 1. The van der Waals surface area contributed by atoms with Gasteiger partial charge in [-0.2, -0.15) is 0 Å². The number of ether oxygens (including phenoxy) is 4. The summed E-state index contributed by atoms with van der Waals surface area (Å²) in [6, 6.07) is 0. The van der Waals surface area contributed by atoms with Gasteiger partial charge in [-0.3, -0.25) is 9.59 Å². The lowest BCUT2D eigenvalue weighted by Crippen LogP contribution is -2.51. The second-order valence-electron chi connectivity index (χ2n) is 12.0. The van der Waals surface area contributed by atoms with Gasteiger partial charge in [-0.1, -0.05) is 18.6 Å². The highest BCUT2D eigenvalue weighted by atomic mass is 16.7. The summed E-state index contributed by atoms with van der Waals surface area (Å²) in [4.78, 5) is 26.0. The molecule has 0 amide bonds. The molecule has 1 spiro atoms. The van der Waals surface area contributed by atoms with Crippen molar-refractivity contribution in [2.24, 2.45) is 28.6 Å². The fourth-order valence-corrected chi connectivity index (χ4v) is 8.58. The van der Waals surface area contributed by atoms with Crippen LogP contribution >= 0.6 is 0 Å². The van der Waals surface area contributed by atoms with E-state index in [9.17, 15) is 14.7 Å². The van der Waals surface area contributed by atoms with E-state index in [0.717, 1.165) is 44.1 Å². The van der Waals surface area contributed by atoms with Gasteiger partial charge in [-0.15, -0.1) is 0 Å². The Bertz CT molecular complexity index is 986. The molecule has 6 aliphatic rings. The smallest absolute Gasteiger partial charge is 0.317 e. The van der Waals surface area contributed by atoms with Crippen molar-refractivity contribution < 1.29 is 33.6 Å². The Morgan fingerprint density at radius 3 is 2.71 bits per heavy atom. The Balaban J connectivity index is 1.20. The van der Waals surface area contributed by atoms with E-state index in [1.807, 2.05) is 19.9 Å². The molecule has 2 saturated heterocycles. The maximum Gasteiger partial charge on any atom is 0.317 e. The predicted molar refractivity (Wildman–Crippen MR) is 126 cm³/mol. The Hall–Kier alpha value is -1.54. The maximum absolute atomic E-state index is 13.0. The molecule has 4 fully saturated rings. The van der Waals surface area contributed by atoms with Crippen molar-refractivity contribution in [3.05, 3.63) is 23.3 Å². The zero-order valence-electron chi connectivity index (χ0n) is 21.2. The Labute approximate surface area is 207 Å². The molecule has 2 heterocycles. The first-order valence-electron chi connectivity index (χ1n) is 13.4. The van der Waals surface area contributed by atoms with Crippen molar-refractivity contribution in [3.63, 3.8) is 0 Å². The van der Waals surface area contributed by atoms with Gasteiger partial charge in [0.05, 0.1) is 24.2 Å². The van der Waals surface area contributed by atoms with Crippen molar-refractivity contribution in [2.45, 2.75) is 103 Å². The van der Waals surface area contributed by atoms with Crippen molar-refractivity contribution in [1.29, 1.82) is 0 Å². The third kappa shape index (κ3) is 3.30. The molecule has 0 aromatic heterocycles. The normalized spacial score (nSPS) is 50.9. The van der Waals surface area contributed by atoms with Gasteiger partial charge in [0.15, 0.2) is 12.1 Å². The molecule has 0 radical (unpaired) electrons. The summed E-state index contributed by atoms with van der Waals surface area (Å²) >= 11 is 0. The number of hydrogen-bond donors (Lipinski definition) is 1. The van der Waals surface area contributed by atoms with E-state index in [2.05, 4.69) is 13.0 Å². The molecule has 1 N–H and O–H groups in total. The van der Waals surface area contributed by atoms with E-state index in [4.69, 9.17) is 18.9 Å². The minimum atomic E-state index is -0.711. The van der Waals surface area contributed by atoms with Crippen LogP contribution < -0.4 is 0 Å². The molecule has 192 valence electrons. The summed E-state index contributed by atoms with van der Waals surface area (Å²) < 4.78 is 23.4. The van der Waals surface area contributed by atoms with Gasteiger partial charge >= 0.3 is 5.97 Å². The van der Waals surface area contributed by atoms with Gasteiger partial charge in [0.1, 0.15) is 17.6 Å². The molecule has 0 bridgehead atoms. The van der Waals surface area contributed by atoms with E-state index >= 15 is 0 Å². The van der Waals surface area contributed by atoms with Gasteiger partial charge in [0.2, 0.25) is 0 Å². The van der Waals surface area contributed by atoms with Gasteiger partial charge < -0.3 is 24.1 Å². The topological polar surface area (TPSA) is 91.3 Å². The highest BCUT2D eigenvalue weighted by molar-refractivity contribution is 6.05. The second kappa shape index (κ2) is 8.23. The summed E-state index contributed by atoms with van der Waals surface area (Å²) in [7, 11) is 1.62. The van der Waals surface area contributed by atoms with E-state index in [-0.39, 0.29) is 59.7 Å². The van der Waals surface area contributed by atoms with Crippen LogP contribution in [0.1, 0.15) is 65.7 Å². The van der Waals surface area contributed by atoms with Crippen molar-refractivity contribution in [2.75, 3.05) is 7.11 Å². The first-order valence-corrected chi connectivity index (χ1v) is 13.4. The van der Waals surface area contributed by atoms with Crippen LogP contribution in [-0.4, -0.2) is 60.8 Å². The molecule has 7 heteroatoms. The average molecular weight is 487 g/mol. The van der Waals surface area contributed by atoms with Crippen LogP contribution in [0.4, 0.5) is 0 Å². The fraction of sp³-hybridized carbons (Fsp3) is 0.786. The lowest BCUT2D eigenvalue weighted by atomic mass is 9.48. The fourth-order valence-electron chi connectivity index (χ4n) is 8.58. The lowest BCUT2D eigenvalue weighted by molar-refractivity contribution is -0.265. The number of methoxy groups -OCH3 is 1. The molecule has 4 aliphatic carbocycles. The number of hydrogen-bond acceptors (Lipinski definition) is 7. The van der Waals surface area contributed by atoms with Crippen LogP contribution in [-0.2, 0) is 28.5 Å². The molecule has 2 saturated carbocycles. The number of ketones is 1. The molecule has 11 atom stereocenters. The summed E-state index contributed by atoms with van der Waals surface area (Å²) in [5.74, 6) is 0.226. The van der Waals surface area contributed by atoms with E-state index < -0.39 is 11.5 Å². The largest absolute Gasteiger partial charge is 0.461 e. The number of aliphatic hydroxyl groups is 1. The highest BCUT2D eigenvalue weighted by Gasteiger charge is 2.68. The Morgan fingerprint density at radius 1 is 1.14 bits per heavy atom. The highest BCUT2D eigenvalue weighted by Crippen LogP contribution is 2.66. The van der Waals surface area contributed by atoms with Crippen molar-refractivity contribution in [1.82, 2.24) is 0 Å². The molecule has 0 unspecified atom stereocenters. The predicted octanol–water partition coefficient (Wildman–Crippen LogP) is 3.49. The van der Waals surface area contributed by atoms with Gasteiger partial charge in [-0.05, 0) is 81.3 Å². The van der Waals surface area contributed by atoms with Gasteiger partial charge in [-0.25, -0.2) is 0 Å². The molecular formula is C28H38O7. The second-order valence-corrected chi connectivity index (χ2v) is 12.0. The number of allylic oxidation sites excluding steroid dienone is 2. The van der Waals surface area contributed by atoms with Crippen LogP contribution in [0.15, 0.2) is 23.3 Å². The SMILES string of the molecule is CO[C@H]1C[C@H](O[C@H]2CC[C@@]3(C)C(=CC[C@H]4C5=CC(=O)[C@@H]6[C@@H](C)OC(=O)[C@]56CC[C@@H]43)C2)O[C@H](C)[C@H]1O. The number of fused-ring (bicyclic) bond motifs is 4. The minimum Gasteiger partial charge on any atom is -0.461 e. The molecule has 35 heavy (non-hydrogen) atoms. The summed E-state index contributed by atoms with van der Waals surface area (Å²) in [6.45, 7) is 6.11. The van der Waals surface area contributed by atoms with Crippen LogP contribution in [0, 0.1) is 28.6 Å². The molecular weight excluding hydrogens is 448 g/mol. The Kier molecular flexibility index (Phi) is 5.61. The van der Waals surface area contributed by atoms with E-state index in [1.54, 1.807) is 7.11 Å². The third-order valence-electron chi connectivity index (χ3n) is 10.4. The van der Waals surface area contributed by atoms with Crippen LogP contribution in [0.3, 0.4) is 0 Å². The standard InChI is InChI=1S/C28H38O7/c1-14-24-21(29)12-20-18-6-5-16-11-17(35-23-13-22(32-4)25(30)15(2)33-23)7-9-27(16,3)19(18)8-10-28(20,24)26(31)34-14/h5,12,14-15,17-19,22-25,30H,6-11,13H2,1-4H3/t14-,15-,17+,18-,19+,22+,23+,24+,25-,27+,28-/m1/s1. The number of carbonyl (C=O) groups is 2. The number of carbonyl (C=O) groups excluding carboxylic acids is 2. The molecule has 0 aromatic rings. The van der Waals surface area contributed by atoms with Crippen molar-refractivity contribution >= 4 is 11.8 Å². The summed E-state index contributed by atoms with van der Waals surface area (Å²) in [5, 5.41) is 10.3. The lowest BCUT2D eigenvalue weighted by Gasteiger charge is -2.55. The number of esters is 1. The quantitative estimate of drug-likeness (QED) is 0.482. The summed E-state index contributed by atoms with van der Waals surface area (Å²) in [5.41, 5.74) is 1.84. The van der Waals surface area contributed by atoms with Crippen molar-refractivity contribution in [3.8, 4) is 0 Å². The van der Waals surface area contributed by atoms with E-state index in [1.165, 1.54) is 5.57 Å². The number of rotatable bonds is 3. The first-order chi connectivity index (χ1) is 16.7. The minimum absolute atomic E-state index is 0.0481. The summed E-state index contributed by atoms with van der Waals surface area (Å²) in [6.07, 6.45) is 8.20. The van der Waals surface area contributed by atoms with Crippen LogP contribution in [0.2, 0.25) is 0 Å². The zero-order valence-corrected chi connectivity index (χ0v) is 21.2. The zero-order chi connectivity index (χ0) is 24.7. The first kappa shape index (κ1) is 23.8. The van der Waals surface area contributed by atoms with Gasteiger partial charge in [0, 0.05) is 13.5 Å². The monoisotopic (exact) mass is 486 g/mol. The molecule has 0 aromatic carbocycles. The van der Waals surface area contributed by atoms with Gasteiger partial charge in [0.25, 0.3) is 0 Å². The number of aliphatic hydroxyl groups excluding tert-OH is 1. The Morgan fingerprint density at radius 2 is 1.94 bits per heavy atom. The van der Waals surface area contributed by atoms with E-state index in [0.29, 0.717) is 12.3 Å². The molecule has 7 nitrogen and oxygen atoms in total.